The summed E-state index contributed by atoms with van der Waals surface area (Å²) in [6.45, 7) is 3.41. The van der Waals surface area contributed by atoms with Crippen molar-refractivity contribution in [2.75, 3.05) is 26.2 Å². The van der Waals surface area contributed by atoms with Crippen molar-refractivity contribution in [3.63, 3.8) is 0 Å². The van der Waals surface area contributed by atoms with Crippen LogP contribution in [0.4, 0.5) is 0 Å². The van der Waals surface area contributed by atoms with E-state index in [1.165, 1.54) is 5.56 Å². The van der Waals surface area contributed by atoms with Gasteiger partial charge in [-0.2, -0.15) is 0 Å². The minimum Gasteiger partial charge on any atom is -0.493 e. The molecule has 82 valence electrons. The van der Waals surface area contributed by atoms with Gasteiger partial charge in [0, 0.05) is 25.6 Å². The van der Waals surface area contributed by atoms with Crippen molar-refractivity contribution in [1.82, 2.24) is 5.32 Å². The van der Waals surface area contributed by atoms with E-state index >= 15 is 0 Å². The molecule has 0 radical (unpaired) electrons. The molecule has 0 spiro atoms. The fourth-order valence-electron chi connectivity index (χ4n) is 2.01. The molecule has 0 aromatic heterocycles. The highest BCUT2D eigenvalue weighted by Crippen LogP contribution is 2.32. The van der Waals surface area contributed by atoms with Gasteiger partial charge in [-0.05, 0) is 18.1 Å². The average Bonchev–Trinajstić information content (AvgIpc) is 2.30. The van der Waals surface area contributed by atoms with Crippen LogP contribution in [0.25, 0.3) is 0 Å². The lowest BCUT2D eigenvalue weighted by atomic mass is 9.93. The quantitative estimate of drug-likeness (QED) is 0.725. The van der Waals surface area contributed by atoms with Crippen molar-refractivity contribution in [1.29, 1.82) is 0 Å². The first-order valence-corrected chi connectivity index (χ1v) is 5.54. The van der Waals surface area contributed by atoms with Gasteiger partial charge < -0.3 is 15.8 Å². The number of nitrogens with one attached hydrogen (secondary N) is 1. The molecule has 1 heterocycles. The molecule has 1 aromatic rings. The number of benzene rings is 1. The first kappa shape index (κ1) is 10.5. The number of para-hydroxylation sites is 1. The summed E-state index contributed by atoms with van der Waals surface area (Å²) >= 11 is 0. The van der Waals surface area contributed by atoms with E-state index < -0.39 is 0 Å². The van der Waals surface area contributed by atoms with Gasteiger partial charge in [0.1, 0.15) is 5.75 Å². The molecule has 3 nitrogen and oxygen atoms in total. The van der Waals surface area contributed by atoms with E-state index in [-0.39, 0.29) is 0 Å². The SMILES string of the molecule is NCCNCC1CCOc2ccccc21. The van der Waals surface area contributed by atoms with Gasteiger partial charge >= 0.3 is 0 Å². The Balaban J connectivity index is 2.02. The van der Waals surface area contributed by atoms with E-state index in [0.29, 0.717) is 12.5 Å². The molecule has 3 heteroatoms. The van der Waals surface area contributed by atoms with Gasteiger partial charge in [0.15, 0.2) is 0 Å². The second kappa shape index (κ2) is 5.14. The van der Waals surface area contributed by atoms with Crippen LogP contribution < -0.4 is 15.8 Å². The first-order chi connectivity index (χ1) is 7.42. The van der Waals surface area contributed by atoms with Gasteiger partial charge in [-0.25, -0.2) is 0 Å². The number of hydrogen-bond acceptors (Lipinski definition) is 3. The fraction of sp³-hybridized carbons (Fsp3) is 0.500. The molecule has 0 saturated heterocycles. The summed E-state index contributed by atoms with van der Waals surface area (Å²) < 4.78 is 5.61. The van der Waals surface area contributed by atoms with Crippen molar-refractivity contribution in [3.8, 4) is 5.75 Å². The van der Waals surface area contributed by atoms with E-state index in [4.69, 9.17) is 10.5 Å². The maximum Gasteiger partial charge on any atom is 0.122 e. The Morgan fingerprint density at radius 2 is 2.27 bits per heavy atom. The summed E-state index contributed by atoms with van der Waals surface area (Å²) in [6.07, 6.45) is 1.09. The minimum absolute atomic E-state index is 0.571. The summed E-state index contributed by atoms with van der Waals surface area (Å²) in [5.74, 6) is 1.62. The van der Waals surface area contributed by atoms with E-state index in [9.17, 15) is 0 Å². The predicted molar refractivity (Wildman–Crippen MR) is 61.2 cm³/mol. The number of hydrogen-bond donors (Lipinski definition) is 2. The third-order valence-corrected chi connectivity index (χ3v) is 2.79. The molecule has 0 aliphatic carbocycles. The molecule has 0 saturated carbocycles. The molecule has 2 rings (SSSR count). The van der Waals surface area contributed by atoms with E-state index in [2.05, 4.69) is 17.4 Å². The molecule has 3 N–H and O–H groups in total. The Morgan fingerprint density at radius 1 is 1.40 bits per heavy atom. The first-order valence-electron chi connectivity index (χ1n) is 5.54. The Morgan fingerprint density at radius 3 is 3.13 bits per heavy atom. The van der Waals surface area contributed by atoms with Crippen LogP contribution >= 0.6 is 0 Å². The van der Waals surface area contributed by atoms with E-state index in [1.54, 1.807) is 0 Å². The number of nitrogens with two attached hydrogens (primary N) is 1. The molecule has 1 atom stereocenters. The summed E-state index contributed by atoms with van der Waals surface area (Å²) in [5, 5.41) is 3.37. The normalized spacial score (nSPS) is 19.4. The maximum atomic E-state index is 5.61. The topological polar surface area (TPSA) is 47.3 Å². The largest absolute Gasteiger partial charge is 0.493 e. The number of fused-ring (bicyclic) bond motifs is 1. The second-order valence-corrected chi connectivity index (χ2v) is 3.86. The van der Waals surface area contributed by atoms with Crippen molar-refractivity contribution < 1.29 is 4.74 Å². The third-order valence-electron chi connectivity index (χ3n) is 2.79. The van der Waals surface area contributed by atoms with Crippen LogP contribution in [0.15, 0.2) is 24.3 Å². The van der Waals surface area contributed by atoms with Crippen LogP contribution in [0.3, 0.4) is 0 Å². The Hall–Kier alpha value is -1.06. The highest BCUT2D eigenvalue weighted by Gasteiger charge is 2.19. The predicted octanol–water partition coefficient (Wildman–Crippen LogP) is 1.10. The molecule has 0 bridgehead atoms. The molecule has 0 amide bonds. The highest BCUT2D eigenvalue weighted by molar-refractivity contribution is 5.37. The monoisotopic (exact) mass is 206 g/mol. The Bertz CT molecular complexity index is 314. The van der Waals surface area contributed by atoms with Crippen LogP contribution in [-0.4, -0.2) is 26.2 Å². The summed E-state index contributed by atoms with van der Waals surface area (Å²) in [6, 6.07) is 8.30. The second-order valence-electron chi connectivity index (χ2n) is 3.86. The van der Waals surface area contributed by atoms with Gasteiger partial charge in [0.2, 0.25) is 0 Å². The summed E-state index contributed by atoms with van der Waals surface area (Å²) in [7, 11) is 0. The minimum atomic E-state index is 0.571. The van der Waals surface area contributed by atoms with Gasteiger partial charge in [-0.1, -0.05) is 18.2 Å². The standard InChI is InChI=1S/C12H18N2O/c13-6-7-14-9-10-5-8-15-12-4-2-1-3-11(10)12/h1-4,10,14H,5-9,13H2. The van der Waals surface area contributed by atoms with Gasteiger partial charge in [0.05, 0.1) is 6.61 Å². The summed E-state index contributed by atoms with van der Waals surface area (Å²) in [5.41, 5.74) is 6.78. The van der Waals surface area contributed by atoms with Crippen molar-refractivity contribution >= 4 is 0 Å². The van der Waals surface area contributed by atoms with Crippen LogP contribution in [0, 0.1) is 0 Å². The highest BCUT2D eigenvalue weighted by atomic mass is 16.5. The summed E-state index contributed by atoms with van der Waals surface area (Å²) in [4.78, 5) is 0. The van der Waals surface area contributed by atoms with Gasteiger partial charge in [-0.3, -0.25) is 0 Å². The zero-order valence-electron chi connectivity index (χ0n) is 8.91. The van der Waals surface area contributed by atoms with Gasteiger partial charge in [0.25, 0.3) is 0 Å². The molecule has 1 aliphatic rings. The molecule has 15 heavy (non-hydrogen) atoms. The van der Waals surface area contributed by atoms with Gasteiger partial charge in [-0.15, -0.1) is 0 Å². The third kappa shape index (κ3) is 2.49. The fourth-order valence-corrected chi connectivity index (χ4v) is 2.01. The molecule has 0 fully saturated rings. The zero-order valence-corrected chi connectivity index (χ0v) is 8.91. The number of ether oxygens (including phenoxy) is 1. The van der Waals surface area contributed by atoms with E-state index in [1.807, 2.05) is 12.1 Å². The lowest BCUT2D eigenvalue weighted by Gasteiger charge is -2.26. The maximum absolute atomic E-state index is 5.61. The zero-order chi connectivity index (χ0) is 10.5. The average molecular weight is 206 g/mol. The van der Waals surface area contributed by atoms with Crippen LogP contribution in [-0.2, 0) is 0 Å². The number of rotatable bonds is 4. The molecular formula is C12H18N2O. The van der Waals surface area contributed by atoms with Crippen LogP contribution in [0.1, 0.15) is 17.9 Å². The molecule has 1 unspecified atom stereocenters. The lowest BCUT2D eigenvalue weighted by Crippen LogP contribution is -2.29. The molecule has 1 aliphatic heterocycles. The van der Waals surface area contributed by atoms with Crippen molar-refractivity contribution in [3.05, 3.63) is 29.8 Å². The smallest absolute Gasteiger partial charge is 0.122 e. The molecular weight excluding hydrogens is 188 g/mol. The van der Waals surface area contributed by atoms with Crippen LogP contribution in [0.2, 0.25) is 0 Å². The Labute approximate surface area is 90.6 Å². The van der Waals surface area contributed by atoms with E-state index in [0.717, 1.165) is 31.9 Å². The van der Waals surface area contributed by atoms with Crippen LogP contribution in [0.5, 0.6) is 5.75 Å². The lowest BCUT2D eigenvalue weighted by molar-refractivity contribution is 0.265. The van der Waals surface area contributed by atoms with Crippen molar-refractivity contribution in [2.45, 2.75) is 12.3 Å². The molecule has 1 aromatic carbocycles. The van der Waals surface area contributed by atoms with Crippen molar-refractivity contribution in [2.24, 2.45) is 5.73 Å². The Kier molecular flexibility index (Phi) is 3.59.